The molecule has 9 nitrogen and oxygen atoms in total. The second kappa shape index (κ2) is 6.21. The molecule has 1 aliphatic rings. The second-order valence-corrected chi connectivity index (χ2v) is 4.86. The van der Waals surface area contributed by atoms with Crippen LogP contribution in [0.5, 0.6) is 0 Å². The quantitative estimate of drug-likeness (QED) is 0.339. The van der Waals surface area contributed by atoms with Crippen LogP contribution in [-0.2, 0) is 19.3 Å². The molecule has 1 fully saturated rings. The standard InChI is InChI=1S/C8H17NO8S/c1-2-9-5-6(11)7(17-18(13,14)15)4(3-10)16-8(5)12/h4-12H,2-3H2,1H3,(H,13,14,15)/t4-,5-,6-,7+,8?/m1/s1. The van der Waals surface area contributed by atoms with Crippen LogP contribution >= 0.6 is 0 Å². The summed E-state index contributed by atoms with van der Waals surface area (Å²) in [4.78, 5) is 0. The van der Waals surface area contributed by atoms with Gasteiger partial charge < -0.3 is 25.4 Å². The van der Waals surface area contributed by atoms with Crippen LogP contribution in [-0.4, -0.2) is 72.1 Å². The molecule has 1 saturated heterocycles. The highest BCUT2D eigenvalue weighted by atomic mass is 32.3. The molecule has 10 heteroatoms. The summed E-state index contributed by atoms with van der Waals surface area (Å²) in [5.74, 6) is 0. The van der Waals surface area contributed by atoms with Crippen molar-refractivity contribution in [3.8, 4) is 0 Å². The molecular formula is C8H17NO8S. The first-order valence-corrected chi connectivity index (χ1v) is 6.68. The third-order valence-corrected chi connectivity index (χ3v) is 3.01. The van der Waals surface area contributed by atoms with Crippen LogP contribution in [0.3, 0.4) is 0 Å². The zero-order valence-electron chi connectivity index (χ0n) is 9.63. The molecule has 1 rings (SSSR count). The number of hydrogen-bond acceptors (Lipinski definition) is 8. The first-order chi connectivity index (χ1) is 8.30. The van der Waals surface area contributed by atoms with Gasteiger partial charge >= 0.3 is 10.4 Å². The number of ether oxygens (including phenoxy) is 1. The van der Waals surface area contributed by atoms with E-state index in [0.29, 0.717) is 6.54 Å². The summed E-state index contributed by atoms with van der Waals surface area (Å²) in [6, 6.07) is -0.996. The minimum atomic E-state index is -4.82. The van der Waals surface area contributed by atoms with Crippen molar-refractivity contribution in [3.63, 3.8) is 0 Å². The van der Waals surface area contributed by atoms with Gasteiger partial charge in [-0.15, -0.1) is 0 Å². The summed E-state index contributed by atoms with van der Waals surface area (Å²) in [5, 5.41) is 31.1. The summed E-state index contributed by atoms with van der Waals surface area (Å²) in [6.45, 7) is 1.40. The Morgan fingerprint density at radius 3 is 2.44 bits per heavy atom. The average molecular weight is 287 g/mol. The molecule has 0 aromatic heterocycles. The summed E-state index contributed by atoms with van der Waals surface area (Å²) in [6.07, 6.45) is -5.70. The molecule has 18 heavy (non-hydrogen) atoms. The maximum absolute atomic E-state index is 10.7. The normalized spacial score (nSPS) is 37.7. The molecule has 0 amide bonds. The monoisotopic (exact) mass is 287 g/mol. The third-order valence-electron chi connectivity index (χ3n) is 2.54. The van der Waals surface area contributed by atoms with E-state index in [9.17, 15) is 18.6 Å². The Bertz CT molecular complexity index is 360. The number of likely N-dealkylation sites (N-methyl/N-ethyl adjacent to an activating group) is 1. The number of aliphatic hydroxyl groups excluding tert-OH is 3. The molecule has 0 aromatic carbocycles. The highest BCUT2D eigenvalue weighted by molar-refractivity contribution is 7.80. The Morgan fingerprint density at radius 1 is 1.39 bits per heavy atom. The van der Waals surface area contributed by atoms with Crippen molar-refractivity contribution in [3.05, 3.63) is 0 Å². The molecule has 0 radical (unpaired) electrons. The van der Waals surface area contributed by atoms with Crippen LogP contribution in [0.25, 0.3) is 0 Å². The van der Waals surface area contributed by atoms with Crippen LogP contribution in [0, 0.1) is 0 Å². The minimum absolute atomic E-state index is 0.379. The molecular weight excluding hydrogens is 270 g/mol. The van der Waals surface area contributed by atoms with Gasteiger partial charge in [0.2, 0.25) is 0 Å². The van der Waals surface area contributed by atoms with Gasteiger partial charge in [-0.1, -0.05) is 6.92 Å². The fourth-order valence-electron chi connectivity index (χ4n) is 1.80. The number of hydrogen-bond donors (Lipinski definition) is 5. The SMILES string of the molecule is CCN[C@H]1C(O)O[C@H](CO)[C@H](OS(=O)(=O)O)[C@@H]1O. The second-order valence-electron chi connectivity index (χ2n) is 3.81. The van der Waals surface area contributed by atoms with E-state index < -0.39 is 47.6 Å². The predicted octanol–water partition coefficient (Wildman–Crippen LogP) is -2.78. The first-order valence-electron chi connectivity index (χ1n) is 5.31. The molecule has 1 heterocycles. The molecule has 108 valence electrons. The van der Waals surface area contributed by atoms with E-state index in [4.69, 9.17) is 14.4 Å². The van der Waals surface area contributed by atoms with Gasteiger partial charge in [-0.05, 0) is 6.54 Å². The predicted molar refractivity (Wildman–Crippen MR) is 57.9 cm³/mol. The van der Waals surface area contributed by atoms with Gasteiger partial charge in [-0.25, -0.2) is 4.18 Å². The molecule has 0 spiro atoms. The molecule has 0 aliphatic carbocycles. The van der Waals surface area contributed by atoms with Crippen molar-refractivity contribution in [2.45, 2.75) is 37.6 Å². The Hall–Kier alpha value is -0.330. The van der Waals surface area contributed by atoms with E-state index in [1.54, 1.807) is 6.92 Å². The van der Waals surface area contributed by atoms with Crippen LogP contribution in [0.4, 0.5) is 0 Å². The highest BCUT2D eigenvalue weighted by Gasteiger charge is 2.46. The van der Waals surface area contributed by atoms with Crippen molar-refractivity contribution in [2.75, 3.05) is 13.2 Å². The van der Waals surface area contributed by atoms with Crippen LogP contribution in [0.1, 0.15) is 6.92 Å². The van der Waals surface area contributed by atoms with E-state index in [2.05, 4.69) is 9.50 Å². The van der Waals surface area contributed by atoms with Gasteiger partial charge in [-0.3, -0.25) is 4.55 Å². The first kappa shape index (κ1) is 15.7. The highest BCUT2D eigenvalue weighted by Crippen LogP contribution is 2.23. The maximum Gasteiger partial charge on any atom is 0.397 e. The summed E-state index contributed by atoms with van der Waals surface area (Å²) in [5.41, 5.74) is 0. The van der Waals surface area contributed by atoms with Gasteiger partial charge in [-0.2, -0.15) is 8.42 Å². The Morgan fingerprint density at radius 2 is 2.00 bits per heavy atom. The lowest BCUT2D eigenvalue weighted by Crippen LogP contribution is -2.64. The lowest BCUT2D eigenvalue weighted by Gasteiger charge is -2.41. The van der Waals surface area contributed by atoms with E-state index in [0.717, 1.165) is 0 Å². The van der Waals surface area contributed by atoms with Gasteiger partial charge in [0.1, 0.15) is 18.3 Å². The Kier molecular flexibility index (Phi) is 5.43. The summed E-state index contributed by atoms with van der Waals surface area (Å²) < 4.78 is 39.1. The van der Waals surface area contributed by atoms with Crippen molar-refractivity contribution < 1.29 is 37.2 Å². The summed E-state index contributed by atoms with van der Waals surface area (Å²) >= 11 is 0. The van der Waals surface area contributed by atoms with Crippen molar-refractivity contribution >= 4 is 10.4 Å². The smallest absolute Gasteiger partial charge is 0.394 e. The fraction of sp³-hybridized carbons (Fsp3) is 1.00. The largest absolute Gasteiger partial charge is 0.397 e. The maximum atomic E-state index is 10.7. The molecule has 5 N–H and O–H groups in total. The molecule has 0 bridgehead atoms. The fourth-order valence-corrected chi connectivity index (χ4v) is 2.32. The molecule has 0 aromatic rings. The summed E-state index contributed by atoms with van der Waals surface area (Å²) in [7, 11) is -4.82. The number of rotatable bonds is 5. The lowest BCUT2D eigenvalue weighted by molar-refractivity contribution is -0.249. The minimum Gasteiger partial charge on any atom is -0.394 e. The van der Waals surface area contributed by atoms with Crippen molar-refractivity contribution in [2.24, 2.45) is 0 Å². The van der Waals surface area contributed by atoms with Crippen LogP contribution < -0.4 is 5.32 Å². The van der Waals surface area contributed by atoms with Crippen molar-refractivity contribution in [1.82, 2.24) is 5.32 Å². The zero-order chi connectivity index (χ0) is 13.9. The Balaban J connectivity index is 2.88. The van der Waals surface area contributed by atoms with E-state index in [-0.39, 0.29) is 0 Å². The van der Waals surface area contributed by atoms with E-state index in [1.165, 1.54) is 0 Å². The average Bonchev–Trinajstić information content (AvgIpc) is 2.26. The number of aliphatic hydroxyl groups is 3. The third kappa shape index (κ3) is 3.83. The van der Waals surface area contributed by atoms with Gasteiger partial charge in [0.05, 0.1) is 12.6 Å². The van der Waals surface area contributed by atoms with Gasteiger partial charge in [0.15, 0.2) is 6.29 Å². The molecule has 0 saturated carbocycles. The van der Waals surface area contributed by atoms with Crippen molar-refractivity contribution in [1.29, 1.82) is 0 Å². The molecule has 1 aliphatic heterocycles. The molecule has 5 atom stereocenters. The van der Waals surface area contributed by atoms with Crippen LogP contribution in [0.15, 0.2) is 0 Å². The zero-order valence-corrected chi connectivity index (χ0v) is 10.4. The van der Waals surface area contributed by atoms with Gasteiger partial charge in [0.25, 0.3) is 0 Å². The van der Waals surface area contributed by atoms with E-state index >= 15 is 0 Å². The number of nitrogens with one attached hydrogen (secondary N) is 1. The van der Waals surface area contributed by atoms with E-state index in [1.807, 2.05) is 0 Å². The van der Waals surface area contributed by atoms with Gasteiger partial charge in [0, 0.05) is 0 Å². The molecule has 1 unspecified atom stereocenters. The topological polar surface area (TPSA) is 146 Å². The lowest BCUT2D eigenvalue weighted by atomic mass is 9.97. The Labute approximate surface area is 104 Å². The van der Waals surface area contributed by atoms with Crippen LogP contribution in [0.2, 0.25) is 0 Å².